The molecule has 1 aromatic heterocycles. The molecular formula is C14H24N4. The maximum Gasteiger partial charge on any atom is 0.0564 e. The Morgan fingerprint density at radius 1 is 1.22 bits per heavy atom. The molecule has 1 aromatic rings. The van der Waals surface area contributed by atoms with E-state index in [4.69, 9.17) is 5.73 Å². The molecule has 0 unspecified atom stereocenters. The fourth-order valence-corrected chi connectivity index (χ4v) is 2.39. The van der Waals surface area contributed by atoms with E-state index in [2.05, 4.69) is 35.6 Å². The van der Waals surface area contributed by atoms with Crippen LogP contribution < -0.4 is 5.73 Å². The Balaban J connectivity index is 1.87. The number of hydrogen-bond donors (Lipinski definition) is 1. The highest BCUT2D eigenvalue weighted by molar-refractivity contribution is 5.37. The number of nitrogen functional groups attached to an aromatic ring is 1. The van der Waals surface area contributed by atoms with Gasteiger partial charge in [0, 0.05) is 50.1 Å². The van der Waals surface area contributed by atoms with Crippen molar-refractivity contribution in [3.8, 4) is 0 Å². The first-order valence-electron chi connectivity index (χ1n) is 6.63. The van der Waals surface area contributed by atoms with Gasteiger partial charge in [-0.15, -0.1) is 0 Å². The number of pyridine rings is 1. The molecule has 0 amide bonds. The molecule has 0 spiro atoms. The molecule has 100 valence electrons. The van der Waals surface area contributed by atoms with E-state index in [1.54, 1.807) is 6.20 Å². The lowest BCUT2D eigenvalue weighted by Crippen LogP contribution is -2.53. The van der Waals surface area contributed by atoms with Crippen LogP contribution in [0.1, 0.15) is 26.5 Å². The van der Waals surface area contributed by atoms with Crippen molar-refractivity contribution in [2.24, 2.45) is 0 Å². The number of nitrogens with two attached hydrogens (primary N) is 1. The number of anilines is 1. The van der Waals surface area contributed by atoms with E-state index in [-0.39, 0.29) is 5.54 Å². The normalized spacial score (nSPS) is 19.1. The lowest BCUT2D eigenvalue weighted by molar-refractivity contribution is 0.0586. The number of hydrogen-bond acceptors (Lipinski definition) is 4. The van der Waals surface area contributed by atoms with Crippen LogP contribution in [0.4, 0.5) is 5.69 Å². The minimum atomic E-state index is 0.279. The summed E-state index contributed by atoms with van der Waals surface area (Å²) in [4.78, 5) is 9.35. The molecule has 1 saturated heterocycles. The van der Waals surface area contributed by atoms with Gasteiger partial charge in [-0.25, -0.2) is 0 Å². The molecular weight excluding hydrogens is 224 g/mol. The van der Waals surface area contributed by atoms with Crippen molar-refractivity contribution in [2.45, 2.75) is 32.9 Å². The van der Waals surface area contributed by atoms with Crippen molar-refractivity contribution in [2.75, 3.05) is 31.9 Å². The van der Waals surface area contributed by atoms with Crippen LogP contribution in [0, 0.1) is 0 Å². The van der Waals surface area contributed by atoms with Crippen LogP contribution in [0.2, 0.25) is 0 Å². The Morgan fingerprint density at radius 3 is 2.44 bits per heavy atom. The number of aromatic nitrogens is 1. The summed E-state index contributed by atoms with van der Waals surface area (Å²) in [5, 5.41) is 0. The first-order valence-corrected chi connectivity index (χ1v) is 6.63. The van der Waals surface area contributed by atoms with Gasteiger partial charge in [-0.3, -0.25) is 14.8 Å². The highest BCUT2D eigenvalue weighted by atomic mass is 15.3. The minimum Gasteiger partial charge on any atom is -0.399 e. The van der Waals surface area contributed by atoms with Crippen molar-refractivity contribution < 1.29 is 0 Å². The van der Waals surface area contributed by atoms with Gasteiger partial charge in [0.15, 0.2) is 0 Å². The summed E-state index contributed by atoms with van der Waals surface area (Å²) in [5.74, 6) is 0. The molecule has 4 heteroatoms. The second-order valence-electron chi connectivity index (χ2n) is 6.01. The SMILES string of the molecule is CC(C)(C)N1CCN(Cc2cc(N)ccn2)CC1. The molecule has 1 aliphatic rings. The molecule has 0 aromatic carbocycles. The molecule has 2 heterocycles. The van der Waals surface area contributed by atoms with Crippen LogP contribution >= 0.6 is 0 Å². The van der Waals surface area contributed by atoms with E-state index in [0.717, 1.165) is 44.1 Å². The summed E-state index contributed by atoms with van der Waals surface area (Å²) < 4.78 is 0. The molecule has 0 radical (unpaired) electrons. The van der Waals surface area contributed by atoms with Crippen LogP contribution in [-0.4, -0.2) is 46.5 Å². The van der Waals surface area contributed by atoms with E-state index in [9.17, 15) is 0 Å². The lowest BCUT2D eigenvalue weighted by atomic mass is 10.0. The van der Waals surface area contributed by atoms with Gasteiger partial charge in [0.05, 0.1) is 5.69 Å². The molecule has 0 saturated carbocycles. The van der Waals surface area contributed by atoms with Crippen LogP contribution in [0.25, 0.3) is 0 Å². The third-order valence-electron chi connectivity index (χ3n) is 3.55. The van der Waals surface area contributed by atoms with Gasteiger partial charge in [-0.05, 0) is 32.9 Å². The van der Waals surface area contributed by atoms with Crippen LogP contribution in [0.15, 0.2) is 18.3 Å². The first-order chi connectivity index (χ1) is 8.45. The van der Waals surface area contributed by atoms with E-state index in [1.807, 2.05) is 12.1 Å². The molecule has 0 aliphatic carbocycles. The van der Waals surface area contributed by atoms with Gasteiger partial charge in [-0.1, -0.05) is 0 Å². The van der Waals surface area contributed by atoms with Crippen LogP contribution in [-0.2, 0) is 6.54 Å². The number of rotatable bonds is 2. The van der Waals surface area contributed by atoms with E-state index < -0.39 is 0 Å². The van der Waals surface area contributed by atoms with Crippen molar-refractivity contribution in [1.82, 2.24) is 14.8 Å². The largest absolute Gasteiger partial charge is 0.399 e. The van der Waals surface area contributed by atoms with E-state index in [0.29, 0.717) is 0 Å². The van der Waals surface area contributed by atoms with Crippen molar-refractivity contribution >= 4 is 5.69 Å². The zero-order chi connectivity index (χ0) is 13.2. The van der Waals surface area contributed by atoms with Gasteiger partial charge in [0.1, 0.15) is 0 Å². The molecule has 0 atom stereocenters. The molecule has 1 fully saturated rings. The second kappa shape index (κ2) is 5.24. The van der Waals surface area contributed by atoms with Gasteiger partial charge >= 0.3 is 0 Å². The molecule has 4 nitrogen and oxygen atoms in total. The number of piperazine rings is 1. The van der Waals surface area contributed by atoms with Gasteiger partial charge in [0.2, 0.25) is 0 Å². The molecule has 2 N–H and O–H groups in total. The van der Waals surface area contributed by atoms with E-state index >= 15 is 0 Å². The first kappa shape index (κ1) is 13.3. The lowest BCUT2D eigenvalue weighted by Gasteiger charge is -2.42. The Hall–Kier alpha value is -1.13. The van der Waals surface area contributed by atoms with Crippen molar-refractivity contribution in [1.29, 1.82) is 0 Å². The molecule has 0 bridgehead atoms. The topological polar surface area (TPSA) is 45.4 Å². The average molecular weight is 248 g/mol. The smallest absolute Gasteiger partial charge is 0.0564 e. The molecule has 18 heavy (non-hydrogen) atoms. The van der Waals surface area contributed by atoms with Crippen LogP contribution in [0.5, 0.6) is 0 Å². The summed E-state index contributed by atoms with van der Waals surface area (Å²) in [5.41, 5.74) is 7.92. The fraction of sp³-hybridized carbons (Fsp3) is 0.643. The monoisotopic (exact) mass is 248 g/mol. The maximum atomic E-state index is 5.78. The van der Waals surface area contributed by atoms with Gasteiger partial charge in [0.25, 0.3) is 0 Å². The van der Waals surface area contributed by atoms with Gasteiger partial charge < -0.3 is 5.73 Å². The zero-order valence-corrected chi connectivity index (χ0v) is 11.7. The van der Waals surface area contributed by atoms with Gasteiger partial charge in [-0.2, -0.15) is 0 Å². The summed E-state index contributed by atoms with van der Waals surface area (Å²) in [6.07, 6.45) is 1.79. The highest BCUT2D eigenvalue weighted by Crippen LogP contribution is 2.17. The number of nitrogens with zero attached hydrogens (tertiary/aromatic N) is 3. The summed E-state index contributed by atoms with van der Waals surface area (Å²) in [6, 6.07) is 3.80. The zero-order valence-electron chi connectivity index (χ0n) is 11.7. The third-order valence-corrected chi connectivity index (χ3v) is 3.55. The second-order valence-corrected chi connectivity index (χ2v) is 6.01. The Labute approximate surface area is 110 Å². The predicted octanol–water partition coefficient (Wildman–Crippen LogP) is 1.58. The highest BCUT2D eigenvalue weighted by Gasteiger charge is 2.25. The predicted molar refractivity (Wildman–Crippen MR) is 75.3 cm³/mol. The fourth-order valence-electron chi connectivity index (χ4n) is 2.39. The Morgan fingerprint density at radius 2 is 1.89 bits per heavy atom. The minimum absolute atomic E-state index is 0.279. The summed E-state index contributed by atoms with van der Waals surface area (Å²) in [6.45, 7) is 12.2. The molecule has 2 rings (SSSR count). The van der Waals surface area contributed by atoms with E-state index in [1.165, 1.54) is 0 Å². The standard InChI is InChI=1S/C14H24N4/c1-14(2,3)18-8-6-17(7-9-18)11-13-10-12(15)4-5-16-13/h4-5,10H,6-9,11H2,1-3H3,(H2,15,16). The third kappa shape index (κ3) is 3.43. The van der Waals surface area contributed by atoms with Crippen molar-refractivity contribution in [3.05, 3.63) is 24.0 Å². The maximum absolute atomic E-state index is 5.78. The average Bonchev–Trinajstić information content (AvgIpc) is 2.28. The Kier molecular flexibility index (Phi) is 3.88. The summed E-state index contributed by atoms with van der Waals surface area (Å²) in [7, 11) is 0. The van der Waals surface area contributed by atoms with Crippen LogP contribution in [0.3, 0.4) is 0 Å². The molecule has 1 aliphatic heterocycles. The quantitative estimate of drug-likeness (QED) is 0.863. The summed E-state index contributed by atoms with van der Waals surface area (Å²) >= 11 is 0. The van der Waals surface area contributed by atoms with Crippen molar-refractivity contribution in [3.63, 3.8) is 0 Å². The Bertz CT molecular complexity index is 389.